The minimum absolute atomic E-state index is 0.331. The van der Waals surface area contributed by atoms with Crippen molar-refractivity contribution in [3.05, 3.63) is 0 Å². The van der Waals surface area contributed by atoms with E-state index in [1.54, 1.807) is 4.68 Å². The predicted octanol–water partition coefficient (Wildman–Crippen LogP) is 0.400. The highest BCUT2D eigenvalue weighted by Gasteiger charge is 2.31. The number of hydrogen-bond acceptors (Lipinski definition) is 5. The normalized spacial score (nSPS) is 24.3. The first-order valence-corrected chi connectivity index (χ1v) is 5.79. The Hall–Kier alpha value is -1.17. The second kappa shape index (κ2) is 4.37. The summed E-state index contributed by atoms with van der Waals surface area (Å²) in [6, 6.07) is 0.470. The van der Waals surface area contributed by atoms with Gasteiger partial charge in [-0.2, -0.15) is 0 Å². The van der Waals surface area contributed by atoms with Crippen molar-refractivity contribution in [1.82, 2.24) is 25.5 Å². The molecule has 1 aliphatic rings. The molecular formula is C10H20N6. The molecule has 1 aromatic rings. The molecule has 16 heavy (non-hydrogen) atoms. The van der Waals surface area contributed by atoms with Crippen LogP contribution < -0.4 is 10.6 Å². The lowest BCUT2D eigenvalue weighted by atomic mass is 9.77. The van der Waals surface area contributed by atoms with E-state index >= 15 is 0 Å². The molecule has 0 aliphatic carbocycles. The third-order valence-electron chi connectivity index (χ3n) is 3.42. The Bertz CT molecular complexity index is 345. The molecular weight excluding hydrogens is 204 g/mol. The van der Waals surface area contributed by atoms with Crippen LogP contribution in [0.4, 0.5) is 5.95 Å². The van der Waals surface area contributed by atoms with Crippen LogP contribution in [0.25, 0.3) is 0 Å². The monoisotopic (exact) mass is 224 g/mol. The summed E-state index contributed by atoms with van der Waals surface area (Å²) in [6.45, 7) is 6.58. The van der Waals surface area contributed by atoms with Crippen molar-refractivity contribution < 1.29 is 0 Å². The van der Waals surface area contributed by atoms with Crippen LogP contribution in [0.15, 0.2) is 0 Å². The Morgan fingerprint density at radius 1 is 1.56 bits per heavy atom. The van der Waals surface area contributed by atoms with Crippen LogP contribution in [-0.2, 0) is 7.05 Å². The summed E-state index contributed by atoms with van der Waals surface area (Å²) in [5.41, 5.74) is 0.331. The lowest BCUT2D eigenvalue weighted by molar-refractivity contribution is 0.188. The molecule has 0 saturated carbocycles. The van der Waals surface area contributed by atoms with Gasteiger partial charge in [-0.1, -0.05) is 18.9 Å². The maximum absolute atomic E-state index is 3.91. The first kappa shape index (κ1) is 11.3. The summed E-state index contributed by atoms with van der Waals surface area (Å²) in [5.74, 6) is 0.725. The van der Waals surface area contributed by atoms with Crippen LogP contribution in [0.5, 0.6) is 0 Å². The van der Waals surface area contributed by atoms with Crippen molar-refractivity contribution in [2.45, 2.75) is 32.7 Å². The van der Waals surface area contributed by atoms with Crippen molar-refractivity contribution >= 4 is 5.95 Å². The molecule has 0 aromatic carbocycles. The number of hydrogen-bond donors (Lipinski definition) is 2. The van der Waals surface area contributed by atoms with E-state index in [0.29, 0.717) is 11.5 Å². The van der Waals surface area contributed by atoms with Crippen LogP contribution in [0.1, 0.15) is 26.7 Å². The third kappa shape index (κ3) is 2.32. The van der Waals surface area contributed by atoms with Gasteiger partial charge in [0, 0.05) is 19.6 Å². The Morgan fingerprint density at radius 2 is 2.38 bits per heavy atom. The van der Waals surface area contributed by atoms with Gasteiger partial charge in [0.25, 0.3) is 0 Å². The SMILES string of the molecule is Cn1nnnc1NCC1NCCCC1(C)C. The Balaban J connectivity index is 1.92. The minimum Gasteiger partial charge on any atom is -0.351 e. The summed E-state index contributed by atoms with van der Waals surface area (Å²) in [7, 11) is 1.84. The molecule has 90 valence electrons. The fourth-order valence-corrected chi connectivity index (χ4v) is 2.19. The molecule has 0 radical (unpaired) electrons. The molecule has 0 spiro atoms. The summed E-state index contributed by atoms with van der Waals surface area (Å²) in [4.78, 5) is 0. The molecule has 0 bridgehead atoms. The molecule has 2 rings (SSSR count). The zero-order valence-corrected chi connectivity index (χ0v) is 10.2. The quantitative estimate of drug-likeness (QED) is 0.778. The molecule has 2 N–H and O–H groups in total. The van der Waals surface area contributed by atoms with Crippen LogP contribution in [0.2, 0.25) is 0 Å². The van der Waals surface area contributed by atoms with Gasteiger partial charge in [-0.3, -0.25) is 0 Å². The molecule has 6 nitrogen and oxygen atoms in total. The number of rotatable bonds is 3. The first-order valence-electron chi connectivity index (χ1n) is 5.79. The van der Waals surface area contributed by atoms with Gasteiger partial charge in [-0.05, 0) is 35.2 Å². The number of nitrogens with one attached hydrogen (secondary N) is 2. The van der Waals surface area contributed by atoms with E-state index in [0.717, 1.165) is 19.0 Å². The standard InChI is InChI=1S/C10H20N6/c1-10(2)5-4-6-11-8(10)7-12-9-13-14-15-16(9)3/h8,11H,4-7H2,1-3H3,(H,12,13,15). The number of aromatic nitrogens is 4. The van der Waals surface area contributed by atoms with E-state index in [1.165, 1.54) is 12.8 Å². The average molecular weight is 224 g/mol. The van der Waals surface area contributed by atoms with Crippen LogP contribution in [-0.4, -0.2) is 39.3 Å². The molecule has 1 unspecified atom stereocenters. The molecule has 6 heteroatoms. The highest BCUT2D eigenvalue weighted by atomic mass is 15.6. The van der Waals surface area contributed by atoms with Gasteiger partial charge in [0.15, 0.2) is 0 Å². The fourth-order valence-electron chi connectivity index (χ4n) is 2.19. The van der Waals surface area contributed by atoms with Crippen LogP contribution in [0.3, 0.4) is 0 Å². The smallest absolute Gasteiger partial charge is 0.242 e. The number of nitrogens with zero attached hydrogens (tertiary/aromatic N) is 4. The van der Waals surface area contributed by atoms with E-state index in [1.807, 2.05) is 7.05 Å². The molecule has 1 saturated heterocycles. The maximum Gasteiger partial charge on any atom is 0.242 e. The van der Waals surface area contributed by atoms with E-state index in [2.05, 4.69) is 40.0 Å². The van der Waals surface area contributed by atoms with Gasteiger partial charge in [0.1, 0.15) is 0 Å². The Kier molecular flexibility index (Phi) is 3.09. The number of aryl methyl sites for hydroxylation is 1. The molecule has 1 atom stereocenters. The predicted molar refractivity (Wildman–Crippen MR) is 62.1 cm³/mol. The van der Waals surface area contributed by atoms with Crippen molar-refractivity contribution in [1.29, 1.82) is 0 Å². The van der Waals surface area contributed by atoms with Crippen molar-refractivity contribution in [3.63, 3.8) is 0 Å². The topological polar surface area (TPSA) is 67.7 Å². The van der Waals surface area contributed by atoms with Crippen LogP contribution >= 0.6 is 0 Å². The fraction of sp³-hybridized carbons (Fsp3) is 0.900. The second-order valence-corrected chi connectivity index (χ2v) is 5.11. The highest BCUT2D eigenvalue weighted by molar-refractivity contribution is 5.21. The summed E-state index contributed by atoms with van der Waals surface area (Å²) in [5, 5.41) is 18.1. The minimum atomic E-state index is 0.331. The zero-order valence-electron chi connectivity index (χ0n) is 10.2. The molecule has 0 amide bonds. The summed E-state index contributed by atoms with van der Waals surface area (Å²) in [6.07, 6.45) is 2.53. The lowest BCUT2D eigenvalue weighted by Crippen LogP contribution is -2.50. The van der Waals surface area contributed by atoms with Gasteiger partial charge in [0.2, 0.25) is 5.95 Å². The summed E-state index contributed by atoms with van der Waals surface area (Å²) >= 11 is 0. The van der Waals surface area contributed by atoms with Crippen molar-refractivity contribution in [2.75, 3.05) is 18.4 Å². The Morgan fingerprint density at radius 3 is 3.00 bits per heavy atom. The number of anilines is 1. The molecule has 1 aromatic heterocycles. The summed E-state index contributed by atoms with van der Waals surface area (Å²) < 4.78 is 1.65. The second-order valence-electron chi connectivity index (χ2n) is 5.11. The first-order chi connectivity index (χ1) is 7.59. The van der Waals surface area contributed by atoms with E-state index in [9.17, 15) is 0 Å². The zero-order chi connectivity index (χ0) is 11.6. The third-order valence-corrected chi connectivity index (χ3v) is 3.42. The van der Waals surface area contributed by atoms with Crippen molar-refractivity contribution in [2.24, 2.45) is 12.5 Å². The molecule has 1 fully saturated rings. The lowest BCUT2D eigenvalue weighted by Gasteiger charge is -2.39. The van der Waals surface area contributed by atoms with Crippen molar-refractivity contribution in [3.8, 4) is 0 Å². The van der Waals surface area contributed by atoms with Gasteiger partial charge >= 0.3 is 0 Å². The van der Waals surface area contributed by atoms with E-state index in [-0.39, 0.29) is 0 Å². The maximum atomic E-state index is 3.91. The largest absolute Gasteiger partial charge is 0.351 e. The van der Waals surface area contributed by atoms with E-state index < -0.39 is 0 Å². The number of tetrazole rings is 1. The average Bonchev–Trinajstić information content (AvgIpc) is 2.62. The van der Waals surface area contributed by atoms with Gasteiger partial charge in [-0.15, -0.1) is 0 Å². The Labute approximate surface area is 95.8 Å². The van der Waals surface area contributed by atoms with E-state index in [4.69, 9.17) is 0 Å². The van der Waals surface area contributed by atoms with Gasteiger partial charge in [0.05, 0.1) is 0 Å². The van der Waals surface area contributed by atoms with Gasteiger partial charge in [-0.25, -0.2) is 4.68 Å². The molecule has 2 heterocycles. The molecule has 1 aliphatic heterocycles. The highest BCUT2D eigenvalue weighted by Crippen LogP contribution is 2.29. The number of piperidine rings is 1. The van der Waals surface area contributed by atoms with Gasteiger partial charge < -0.3 is 10.6 Å². The van der Waals surface area contributed by atoms with Crippen LogP contribution in [0, 0.1) is 5.41 Å².